The number of benzene rings is 3. The van der Waals surface area contributed by atoms with E-state index in [0.29, 0.717) is 22.3 Å². The number of anilines is 1. The first-order valence-corrected chi connectivity index (χ1v) is 11.5. The summed E-state index contributed by atoms with van der Waals surface area (Å²) >= 11 is 9.44. The van der Waals surface area contributed by atoms with Crippen LogP contribution in [0.15, 0.2) is 71.6 Å². The molecule has 0 fully saturated rings. The number of amides is 1. The van der Waals surface area contributed by atoms with Gasteiger partial charge in [0.05, 0.1) is 27.3 Å². The highest BCUT2D eigenvalue weighted by atomic mass is 35.5. The number of aromatic nitrogens is 1. The number of carbonyl (C=O) groups is 1. The Morgan fingerprint density at radius 2 is 1.79 bits per heavy atom. The number of aryl methyl sites for hydroxylation is 1. The highest BCUT2D eigenvalue weighted by Crippen LogP contribution is 2.37. The summed E-state index contributed by atoms with van der Waals surface area (Å²) in [6, 6.07) is 21.5. The topological polar surface area (TPSA) is 33.2 Å². The van der Waals surface area contributed by atoms with Crippen molar-refractivity contribution in [3.8, 4) is 0 Å². The molecule has 6 heteroatoms. The van der Waals surface area contributed by atoms with Gasteiger partial charge in [0.25, 0.3) is 5.91 Å². The molecule has 4 rings (SSSR count). The van der Waals surface area contributed by atoms with E-state index in [1.807, 2.05) is 79.9 Å². The summed E-state index contributed by atoms with van der Waals surface area (Å²) < 4.78 is 0.908. The third-order valence-electron chi connectivity index (χ3n) is 4.68. The van der Waals surface area contributed by atoms with Gasteiger partial charge in [-0.25, -0.2) is 4.98 Å². The molecule has 0 saturated heterocycles. The molecular formula is C23H19ClN2OS2. The number of halogens is 1. The summed E-state index contributed by atoms with van der Waals surface area (Å²) in [5.74, 6) is -0.0633. The van der Waals surface area contributed by atoms with Crippen molar-refractivity contribution in [2.24, 2.45) is 0 Å². The number of thiazole rings is 1. The van der Waals surface area contributed by atoms with E-state index >= 15 is 0 Å². The highest BCUT2D eigenvalue weighted by molar-refractivity contribution is 7.98. The minimum absolute atomic E-state index is 0.0633. The number of carbonyl (C=O) groups excluding carboxylic acids is 1. The van der Waals surface area contributed by atoms with E-state index in [1.54, 1.807) is 16.7 Å². The largest absolute Gasteiger partial charge is 0.279 e. The molecule has 0 aliphatic carbocycles. The summed E-state index contributed by atoms with van der Waals surface area (Å²) in [5.41, 5.74) is 3.62. The molecule has 0 N–H and O–H groups in total. The summed E-state index contributed by atoms with van der Waals surface area (Å²) in [7, 11) is 0. The lowest BCUT2D eigenvalue weighted by molar-refractivity contribution is 0.0982. The van der Waals surface area contributed by atoms with Crippen molar-refractivity contribution in [1.82, 2.24) is 4.98 Å². The number of nitrogens with zero attached hydrogens (tertiary/aromatic N) is 2. The van der Waals surface area contributed by atoms with Crippen LogP contribution >= 0.6 is 34.7 Å². The van der Waals surface area contributed by atoms with Crippen LogP contribution in [0, 0.1) is 6.92 Å². The molecule has 0 atom stereocenters. The van der Waals surface area contributed by atoms with E-state index in [9.17, 15) is 4.79 Å². The maximum atomic E-state index is 13.6. The van der Waals surface area contributed by atoms with Gasteiger partial charge in [-0.15, -0.1) is 11.8 Å². The van der Waals surface area contributed by atoms with Crippen molar-refractivity contribution in [3.05, 3.63) is 88.4 Å². The van der Waals surface area contributed by atoms with Gasteiger partial charge in [-0.1, -0.05) is 71.5 Å². The Morgan fingerprint density at radius 1 is 1.07 bits per heavy atom. The van der Waals surface area contributed by atoms with E-state index in [4.69, 9.17) is 16.6 Å². The second-order valence-electron chi connectivity index (χ2n) is 6.62. The molecule has 0 aliphatic rings. The second kappa shape index (κ2) is 8.57. The fourth-order valence-electron chi connectivity index (χ4n) is 3.17. The zero-order chi connectivity index (χ0) is 20.4. The van der Waals surface area contributed by atoms with Gasteiger partial charge in [-0.2, -0.15) is 0 Å². The Bertz CT molecular complexity index is 1140. The number of thioether (sulfide) groups is 1. The molecule has 0 saturated carbocycles. The van der Waals surface area contributed by atoms with Gasteiger partial charge in [0.15, 0.2) is 5.13 Å². The Kier molecular flexibility index (Phi) is 5.90. The average molecular weight is 439 g/mol. The monoisotopic (exact) mass is 438 g/mol. The van der Waals surface area contributed by atoms with Crippen molar-refractivity contribution in [3.63, 3.8) is 0 Å². The molecule has 0 spiro atoms. The van der Waals surface area contributed by atoms with Gasteiger partial charge >= 0.3 is 0 Å². The van der Waals surface area contributed by atoms with Crippen molar-refractivity contribution < 1.29 is 4.79 Å². The summed E-state index contributed by atoms with van der Waals surface area (Å²) in [6.07, 6.45) is 1.98. The number of hydrogen-bond acceptors (Lipinski definition) is 4. The summed E-state index contributed by atoms with van der Waals surface area (Å²) in [5, 5.41) is 1.31. The van der Waals surface area contributed by atoms with Crippen molar-refractivity contribution in [1.29, 1.82) is 0 Å². The van der Waals surface area contributed by atoms with Crippen molar-refractivity contribution >= 4 is 56.0 Å². The van der Waals surface area contributed by atoms with E-state index in [1.165, 1.54) is 11.3 Å². The molecule has 3 nitrogen and oxygen atoms in total. The van der Waals surface area contributed by atoms with Crippen molar-refractivity contribution in [2.75, 3.05) is 11.2 Å². The van der Waals surface area contributed by atoms with Gasteiger partial charge in [0, 0.05) is 4.90 Å². The molecule has 0 aliphatic heterocycles. The Balaban J connectivity index is 1.84. The first-order valence-electron chi connectivity index (χ1n) is 9.13. The molecule has 1 heterocycles. The van der Waals surface area contributed by atoms with E-state index < -0.39 is 0 Å². The number of hydrogen-bond donors (Lipinski definition) is 0. The zero-order valence-corrected chi connectivity index (χ0v) is 18.4. The molecule has 1 amide bonds. The zero-order valence-electron chi connectivity index (χ0n) is 16.1. The Hall–Kier alpha value is -2.34. The lowest BCUT2D eigenvalue weighted by Crippen LogP contribution is -2.30. The standard InChI is InChI=1S/C23H19ClN2OS2/c1-15-12-13-18(24)21-20(15)25-23(29-21)26(14-16-8-4-3-5-9-16)22(27)17-10-6-7-11-19(17)28-2/h3-13H,14H2,1-2H3. The highest BCUT2D eigenvalue weighted by Gasteiger charge is 2.24. The van der Waals surface area contributed by atoms with Crippen LogP contribution in [0.2, 0.25) is 5.02 Å². The lowest BCUT2D eigenvalue weighted by atomic mass is 10.1. The van der Waals surface area contributed by atoms with Gasteiger partial charge in [-0.05, 0) is 42.5 Å². The number of fused-ring (bicyclic) bond motifs is 1. The van der Waals surface area contributed by atoms with Crippen LogP contribution in [0.4, 0.5) is 5.13 Å². The van der Waals surface area contributed by atoms with Crippen LogP contribution in [0.25, 0.3) is 10.2 Å². The molecule has 1 aromatic heterocycles. The van der Waals surface area contributed by atoms with E-state index in [0.717, 1.165) is 26.2 Å². The maximum absolute atomic E-state index is 13.6. The summed E-state index contributed by atoms with van der Waals surface area (Å²) in [4.78, 5) is 21.1. The van der Waals surface area contributed by atoms with Gasteiger partial charge < -0.3 is 0 Å². The normalized spacial score (nSPS) is 11.0. The fourth-order valence-corrected chi connectivity index (χ4v) is 5.07. The van der Waals surface area contributed by atoms with Gasteiger partial charge in [0.1, 0.15) is 0 Å². The molecule has 4 aromatic rings. The third-order valence-corrected chi connectivity index (χ3v) is 7.02. The molecule has 146 valence electrons. The van der Waals surface area contributed by atoms with Crippen LogP contribution in [0.5, 0.6) is 0 Å². The predicted molar refractivity (Wildman–Crippen MR) is 125 cm³/mol. The van der Waals surface area contributed by atoms with Gasteiger partial charge in [-0.3, -0.25) is 9.69 Å². The average Bonchev–Trinajstić information content (AvgIpc) is 3.21. The molecule has 0 unspecified atom stereocenters. The Labute approximate surface area is 183 Å². The van der Waals surface area contributed by atoms with Crippen LogP contribution in [-0.4, -0.2) is 17.1 Å². The first kappa shape index (κ1) is 20.0. The number of rotatable bonds is 5. The van der Waals surface area contributed by atoms with Crippen LogP contribution in [-0.2, 0) is 6.54 Å². The molecule has 3 aromatic carbocycles. The molecule has 29 heavy (non-hydrogen) atoms. The smallest absolute Gasteiger partial charge is 0.261 e. The SMILES string of the molecule is CSc1ccccc1C(=O)N(Cc1ccccc1)c1nc2c(C)ccc(Cl)c2s1. The van der Waals surface area contributed by atoms with Crippen LogP contribution in [0.1, 0.15) is 21.5 Å². The molecule has 0 bridgehead atoms. The minimum atomic E-state index is -0.0633. The van der Waals surface area contributed by atoms with Crippen LogP contribution in [0.3, 0.4) is 0 Å². The van der Waals surface area contributed by atoms with Gasteiger partial charge in [0.2, 0.25) is 0 Å². The Morgan fingerprint density at radius 3 is 2.52 bits per heavy atom. The fraction of sp³-hybridized carbons (Fsp3) is 0.130. The first-order chi connectivity index (χ1) is 14.1. The van der Waals surface area contributed by atoms with Crippen molar-refractivity contribution in [2.45, 2.75) is 18.4 Å². The van der Waals surface area contributed by atoms with E-state index in [2.05, 4.69) is 0 Å². The second-order valence-corrected chi connectivity index (χ2v) is 8.85. The third kappa shape index (κ3) is 4.04. The van der Waals surface area contributed by atoms with Crippen LogP contribution < -0.4 is 4.90 Å². The van der Waals surface area contributed by atoms with E-state index in [-0.39, 0.29) is 5.91 Å². The lowest BCUT2D eigenvalue weighted by Gasteiger charge is -2.21. The summed E-state index contributed by atoms with van der Waals surface area (Å²) in [6.45, 7) is 2.45. The molecular weight excluding hydrogens is 420 g/mol. The molecule has 0 radical (unpaired) electrons. The predicted octanol–water partition coefficient (Wildman–Crippen LogP) is 6.83. The quantitative estimate of drug-likeness (QED) is 0.320. The minimum Gasteiger partial charge on any atom is -0.279 e. The maximum Gasteiger partial charge on any atom is 0.261 e.